The van der Waals surface area contributed by atoms with E-state index in [1.807, 2.05) is 0 Å². The lowest BCUT2D eigenvalue weighted by atomic mass is 9.77. The molecule has 2 aliphatic rings. The molecule has 0 aromatic heterocycles. The Hall–Kier alpha value is -0.860. The zero-order valence-corrected chi connectivity index (χ0v) is 13.6. The molecule has 0 spiro atoms. The van der Waals surface area contributed by atoms with Crippen molar-refractivity contribution >= 4 is 0 Å². The number of rotatable bonds is 2. The highest BCUT2D eigenvalue weighted by Crippen LogP contribution is 2.40. The molecule has 0 saturated carbocycles. The maximum Gasteiger partial charge on any atom is 0.0948 e. The summed E-state index contributed by atoms with van der Waals surface area (Å²) in [4.78, 5) is 2.55. The van der Waals surface area contributed by atoms with E-state index in [2.05, 4.69) is 49.9 Å². The Kier molecular flexibility index (Phi) is 4.37. The van der Waals surface area contributed by atoms with Crippen molar-refractivity contribution in [2.45, 2.75) is 58.1 Å². The summed E-state index contributed by atoms with van der Waals surface area (Å²) < 4.78 is 0. The van der Waals surface area contributed by atoms with Crippen molar-refractivity contribution in [2.24, 2.45) is 11.8 Å². The molecule has 3 unspecified atom stereocenters. The van der Waals surface area contributed by atoms with Crippen LogP contribution >= 0.6 is 0 Å². The maximum absolute atomic E-state index is 10.8. The number of aliphatic hydroxyl groups excluding tert-OH is 1. The lowest BCUT2D eigenvalue weighted by molar-refractivity contribution is 0.00918. The predicted molar refractivity (Wildman–Crippen MR) is 87.4 cm³/mol. The lowest BCUT2D eigenvalue weighted by Gasteiger charge is -2.44. The van der Waals surface area contributed by atoms with Crippen LogP contribution in [0.2, 0.25) is 0 Å². The molecule has 116 valence electrons. The van der Waals surface area contributed by atoms with Gasteiger partial charge in [-0.3, -0.25) is 4.90 Å². The second kappa shape index (κ2) is 6.10. The quantitative estimate of drug-likeness (QED) is 0.890. The topological polar surface area (TPSA) is 23.5 Å². The van der Waals surface area contributed by atoms with Crippen LogP contribution in [-0.2, 0) is 0 Å². The minimum Gasteiger partial charge on any atom is -0.387 e. The standard InChI is InChI=1S/C19H29NO/c1-13(2)15-8-10-20(11-9-15)18-12-14(3)16-6-4-5-7-17(16)19(18)21/h4-7,13-15,18-19,21H,8-12H2,1-3H3. The van der Waals surface area contributed by atoms with E-state index in [1.165, 1.54) is 18.4 Å². The van der Waals surface area contributed by atoms with Gasteiger partial charge in [-0.15, -0.1) is 0 Å². The van der Waals surface area contributed by atoms with Crippen LogP contribution in [0.1, 0.15) is 63.2 Å². The second-order valence-corrected chi connectivity index (χ2v) is 7.40. The summed E-state index contributed by atoms with van der Waals surface area (Å²) >= 11 is 0. The van der Waals surface area contributed by atoms with Crippen LogP contribution in [0.25, 0.3) is 0 Å². The first-order valence-electron chi connectivity index (χ1n) is 8.59. The van der Waals surface area contributed by atoms with Gasteiger partial charge in [0.05, 0.1) is 6.10 Å². The summed E-state index contributed by atoms with van der Waals surface area (Å²) in [5, 5.41) is 10.8. The molecule has 1 aliphatic heterocycles. The van der Waals surface area contributed by atoms with Crippen molar-refractivity contribution in [2.75, 3.05) is 13.1 Å². The molecule has 3 atom stereocenters. The number of aliphatic hydroxyl groups is 1. The van der Waals surface area contributed by atoms with Gasteiger partial charge < -0.3 is 5.11 Å². The van der Waals surface area contributed by atoms with Crippen LogP contribution in [0.4, 0.5) is 0 Å². The van der Waals surface area contributed by atoms with Crippen molar-refractivity contribution in [1.29, 1.82) is 0 Å². The van der Waals surface area contributed by atoms with Gasteiger partial charge in [0.25, 0.3) is 0 Å². The van der Waals surface area contributed by atoms with Crippen LogP contribution in [-0.4, -0.2) is 29.1 Å². The van der Waals surface area contributed by atoms with Crippen LogP contribution < -0.4 is 0 Å². The molecular weight excluding hydrogens is 258 g/mol. The fourth-order valence-corrected chi connectivity index (χ4v) is 4.32. The number of hydrogen-bond acceptors (Lipinski definition) is 2. The maximum atomic E-state index is 10.8. The zero-order chi connectivity index (χ0) is 15.0. The van der Waals surface area contributed by atoms with Gasteiger partial charge in [0, 0.05) is 6.04 Å². The molecule has 1 aromatic rings. The van der Waals surface area contributed by atoms with Gasteiger partial charge in [-0.1, -0.05) is 45.0 Å². The van der Waals surface area contributed by atoms with E-state index >= 15 is 0 Å². The highest BCUT2D eigenvalue weighted by molar-refractivity contribution is 5.35. The van der Waals surface area contributed by atoms with E-state index < -0.39 is 0 Å². The average molecular weight is 287 g/mol. The van der Waals surface area contributed by atoms with E-state index in [-0.39, 0.29) is 6.10 Å². The monoisotopic (exact) mass is 287 g/mol. The summed E-state index contributed by atoms with van der Waals surface area (Å²) in [7, 11) is 0. The summed E-state index contributed by atoms with van der Waals surface area (Å²) in [5.41, 5.74) is 2.51. The molecular formula is C19H29NO. The Morgan fingerprint density at radius 2 is 1.71 bits per heavy atom. The van der Waals surface area contributed by atoms with Crippen molar-refractivity contribution in [3.05, 3.63) is 35.4 Å². The summed E-state index contributed by atoms with van der Waals surface area (Å²) in [6, 6.07) is 8.76. The molecule has 1 fully saturated rings. The Morgan fingerprint density at radius 3 is 2.33 bits per heavy atom. The molecule has 1 aliphatic carbocycles. The smallest absolute Gasteiger partial charge is 0.0948 e. The van der Waals surface area contributed by atoms with Gasteiger partial charge in [-0.2, -0.15) is 0 Å². The first kappa shape index (κ1) is 15.1. The molecule has 1 N–H and O–H groups in total. The highest BCUT2D eigenvalue weighted by atomic mass is 16.3. The number of hydrogen-bond donors (Lipinski definition) is 1. The molecule has 3 rings (SSSR count). The number of nitrogens with zero attached hydrogens (tertiary/aromatic N) is 1. The zero-order valence-electron chi connectivity index (χ0n) is 13.6. The Balaban J connectivity index is 1.73. The largest absolute Gasteiger partial charge is 0.387 e. The normalized spacial score (nSPS) is 31.4. The first-order valence-corrected chi connectivity index (χ1v) is 8.59. The Bertz CT molecular complexity index is 476. The van der Waals surface area contributed by atoms with Crippen LogP contribution in [0.3, 0.4) is 0 Å². The highest BCUT2D eigenvalue weighted by Gasteiger charge is 2.36. The summed E-state index contributed by atoms with van der Waals surface area (Å²) in [6.07, 6.45) is 3.35. The molecule has 1 heterocycles. The number of benzene rings is 1. The molecule has 1 aromatic carbocycles. The third kappa shape index (κ3) is 2.89. The predicted octanol–water partition coefficient (Wildman–Crippen LogP) is 3.96. The van der Waals surface area contributed by atoms with E-state index in [1.54, 1.807) is 0 Å². The summed E-state index contributed by atoms with van der Waals surface area (Å²) in [5.74, 6) is 2.21. The van der Waals surface area contributed by atoms with Gasteiger partial charge in [-0.25, -0.2) is 0 Å². The number of fused-ring (bicyclic) bond motifs is 1. The fourth-order valence-electron chi connectivity index (χ4n) is 4.32. The number of likely N-dealkylation sites (tertiary alicyclic amines) is 1. The third-order valence-corrected chi connectivity index (χ3v) is 5.79. The lowest BCUT2D eigenvalue weighted by Crippen LogP contribution is -2.47. The van der Waals surface area contributed by atoms with Crippen molar-refractivity contribution in [1.82, 2.24) is 4.90 Å². The number of piperidine rings is 1. The van der Waals surface area contributed by atoms with Gasteiger partial charge in [0.15, 0.2) is 0 Å². The van der Waals surface area contributed by atoms with Gasteiger partial charge in [0.1, 0.15) is 0 Å². The van der Waals surface area contributed by atoms with Crippen LogP contribution in [0.15, 0.2) is 24.3 Å². The molecule has 2 nitrogen and oxygen atoms in total. The van der Waals surface area contributed by atoms with E-state index in [9.17, 15) is 5.11 Å². The Labute approximate surface area is 129 Å². The van der Waals surface area contributed by atoms with Crippen molar-refractivity contribution < 1.29 is 5.11 Å². The average Bonchev–Trinajstić information content (AvgIpc) is 2.51. The van der Waals surface area contributed by atoms with Gasteiger partial charge in [0.2, 0.25) is 0 Å². The summed E-state index contributed by atoms with van der Waals surface area (Å²) in [6.45, 7) is 9.29. The third-order valence-electron chi connectivity index (χ3n) is 5.79. The molecule has 1 saturated heterocycles. The molecule has 0 bridgehead atoms. The van der Waals surface area contributed by atoms with E-state index in [4.69, 9.17) is 0 Å². The van der Waals surface area contributed by atoms with Crippen molar-refractivity contribution in [3.8, 4) is 0 Å². The molecule has 0 radical (unpaired) electrons. The fraction of sp³-hybridized carbons (Fsp3) is 0.684. The van der Waals surface area contributed by atoms with Crippen LogP contribution in [0, 0.1) is 11.8 Å². The first-order chi connectivity index (χ1) is 10.1. The van der Waals surface area contributed by atoms with Gasteiger partial charge in [-0.05, 0) is 61.2 Å². The van der Waals surface area contributed by atoms with E-state index in [0.717, 1.165) is 36.9 Å². The minimum atomic E-state index is -0.312. The molecule has 21 heavy (non-hydrogen) atoms. The van der Waals surface area contributed by atoms with Crippen LogP contribution in [0.5, 0.6) is 0 Å². The van der Waals surface area contributed by atoms with E-state index in [0.29, 0.717) is 12.0 Å². The SMILES string of the molecule is CC1CC(N2CCC(C(C)C)CC2)C(O)c2ccccc21. The molecule has 0 amide bonds. The second-order valence-electron chi connectivity index (χ2n) is 7.40. The van der Waals surface area contributed by atoms with Crippen molar-refractivity contribution in [3.63, 3.8) is 0 Å². The Morgan fingerprint density at radius 1 is 1.10 bits per heavy atom. The van der Waals surface area contributed by atoms with Gasteiger partial charge >= 0.3 is 0 Å². The minimum absolute atomic E-state index is 0.308. The molecule has 2 heteroatoms.